The fraction of sp³-hybridized carbons (Fsp3) is 0.476. The molecule has 0 bridgehead atoms. The van der Waals surface area contributed by atoms with E-state index in [1.807, 2.05) is 25.1 Å². The van der Waals surface area contributed by atoms with E-state index >= 15 is 0 Å². The number of anilines is 1. The van der Waals surface area contributed by atoms with Gasteiger partial charge in [0.05, 0.1) is 23.9 Å². The number of piperazine rings is 1. The molecule has 1 aliphatic heterocycles. The van der Waals surface area contributed by atoms with Crippen molar-refractivity contribution in [1.82, 2.24) is 14.9 Å². The minimum absolute atomic E-state index is 0.00225. The van der Waals surface area contributed by atoms with Crippen LogP contribution in [0.3, 0.4) is 0 Å². The summed E-state index contributed by atoms with van der Waals surface area (Å²) in [6.07, 6.45) is 1.80. The number of aromatic nitrogens is 2. The summed E-state index contributed by atoms with van der Waals surface area (Å²) in [7, 11) is 0. The maximum absolute atomic E-state index is 13.1. The first-order chi connectivity index (χ1) is 13.4. The number of ketones is 1. The monoisotopic (exact) mass is 384 g/mol. The van der Waals surface area contributed by atoms with Gasteiger partial charge in [0.1, 0.15) is 5.82 Å². The van der Waals surface area contributed by atoms with Crippen LogP contribution in [-0.4, -0.2) is 65.4 Å². The highest BCUT2D eigenvalue weighted by molar-refractivity contribution is 6.03. The second kappa shape index (κ2) is 8.56. The molecule has 7 heteroatoms. The van der Waals surface area contributed by atoms with Gasteiger partial charge in [-0.15, -0.1) is 0 Å². The number of carbonyl (C=O) groups excluding carboxylic acids is 2. The third-order valence-corrected chi connectivity index (χ3v) is 5.38. The van der Waals surface area contributed by atoms with E-state index < -0.39 is 0 Å². The number of nitrogens with one attached hydrogen (secondary N) is 1. The predicted molar refractivity (Wildman–Crippen MR) is 108 cm³/mol. The van der Waals surface area contributed by atoms with Gasteiger partial charge in [-0.25, -0.2) is 9.78 Å². The van der Waals surface area contributed by atoms with Crippen LogP contribution in [0.1, 0.15) is 46.0 Å². The molecule has 1 N–H and O–H groups in total. The number of aromatic amines is 1. The highest BCUT2D eigenvalue weighted by Crippen LogP contribution is 2.22. The summed E-state index contributed by atoms with van der Waals surface area (Å²) >= 11 is 0. The summed E-state index contributed by atoms with van der Waals surface area (Å²) in [6, 6.07) is 5.63. The highest BCUT2D eigenvalue weighted by atomic mass is 16.5. The molecule has 28 heavy (non-hydrogen) atoms. The minimum Gasteiger partial charge on any atom is -0.462 e. The number of hydrogen-bond donors (Lipinski definition) is 1. The van der Waals surface area contributed by atoms with E-state index in [4.69, 9.17) is 4.74 Å². The molecule has 0 unspecified atom stereocenters. The van der Waals surface area contributed by atoms with Crippen LogP contribution in [0.15, 0.2) is 24.4 Å². The first-order valence-electron chi connectivity index (χ1n) is 9.74. The summed E-state index contributed by atoms with van der Waals surface area (Å²) < 4.78 is 5.12. The number of pyridine rings is 1. The Kier molecular flexibility index (Phi) is 6.14. The largest absolute Gasteiger partial charge is 0.462 e. The number of hydrogen-bond acceptors (Lipinski definition) is 6. The molecule has 2 aromatic heterocycles. The van der Waals surface area contributed by atoms with E-state index in [1.54, 1.807) is 27.0 Å². The fourth-order valence-electron chi connectivity index (χ4n) is 3.76. The lowest BCUT2D eigenvalue weighted by atomic mass is 10.0. The zero-order valence-corrected chi connectivity index (χ0v) is 17.0. The number of carbonyl (C=O) groups is 2. The van der Waals surface area contributed by atoms with Crippen LogP contribution in [0, 0.1) is 13.8 Å². The first-order valence-corrected chi connectivity index (χ1v) is 9.74. The van der Waals surface area contributed by atoms with E-state index in [9.17, 15) is 9.59 Å². The third kappa shape index (κ3) is 3.94. The van der Waals surface area contributed by atoms with Crippen molar-refractivity contribution in [3.8, 4) is 0 Å². The Bertz CT molecular complexity index is 839. The number of Topliss-reactive ketones (excluding diaryl/α,β-unsaturated/α-hetero) is 1. The number of H-pyrrole nitrogens is 1. The van der Waals surface area contributed by atoms with Crippen molar-refractivity contribution in [2.45, 2.75) is 33.7 Å². The lowest BCUT2D eigenvalue weighted by molar-refractivity contribution is 0.0525. The third-order valence-electron chi connectivity index (χ3n) is 5.38. The van der Waals surface area contributed by atoms with Gasteiger partial charge in [0.15, 0.2) is 5.78 Å². The second-order valence-corrected chi connectivity index (χ2v) is 7.10. The van der Waals surface area contributed by atoms with Crippen LogP contribution >= 0.6 is 0 Å². The van der Waals surface area contributed by atoms with Crippen molar-refractivity contribution >= 4 is 17.6 Å². The van der Waals surface area contributed by atoms with Crippen LogP contribution in [0.4, 0.5) is 5.82 Å². The minimum atomic E-state index is -0.385. The van der Waals surface area contributed by atoms with E-state index in [2.05, 4.69) is 19.8 Å². The lowest BCUT2D eigenvalue weighted by Gasteiger charge is -2.38. The highest BCUT2D eigenvalue weighted by Gasteiger charge is 2.30. The van der Waals surface area contributed by atoms with Crippen LogP contribution in [-0.2, 0) is 4.74 Å². The van der Waals surface area contributed by atoms with Gasteiger partial charge < -0.3 is 14.6 Å². The van der Waals surface area contributed by atoms with E-state index in [1.165, 1.54) is 0 Å². The Labute approximate surface area is 165 Å². The van der Waals surface area contributed by atoms with Gasteiger partial charge in [-0.05, 0) is 45.4 Å². The molecule has 1 fully saturated rings. The molecule has 0 amide bonds. The Hall–Kier alpha value is -2.67. The zero-order valence-electron chi connectivity index (χ0n) is 17.0. The van der Waals surface area contributed by atoms with Gasteiger partial charge in [0.2, 0.25) is 0 Å². The Morgan fingerprint density at radius 2 is 1.93 bits per heavy atom. The summed E-state index contributed by atoms with van der Waals surface area (Å²) in [6.45, 7) is 10.8. The molecule has 0 radical (unpaired) electrons. The average Bonchev–Trinajstić information content (AvgIpc) is 3.02. The van der Waals surface area contributed by atoms with Crippen molar-refractivity contribution in [1.29, 1.82) is 0 Å². The molecule has 1 saturated heterocycles. The Morgan fingerprint density at radius 1 is 1.21 bits per heavy atom. The van der Waals surface area contributed by atoms with Gasteiger partial charge in [-0.1, -0.05) is 6.07 Å². The molecule has 0 aliphatic carbocycles. The smallest absolute Gasteiger partial charge is 0.340 e. The Morgan fingerprint density at radius 3 is 2.54 bits per heavy atom. The number of nitrogens with zero attached hydrogens (tertiary/aromatic N) is 3. The molecule has 3 heterocycles. The van der Waals surface area contributed by atoms with Crippen LogP contribution in [0.2, 0.25) is 0 Å². The van der Waals surface area contributed by atoms with Gasteiger partial charge in [-0.3, -0.25) is 9.69 Å². The summed E-state index contributed by atoms with van der Waals surface area (Å²) in [4.78, 5) is 37.2. The molecular formula is C21H28N4O3. The van der Waals surface area contributed by atoms with E-state index in [-0.39, 0.29) is 17.8 Å². The molecule has 2 aromatic rings. The van der Waals surface area contributed by atoms with E-state index in [0.29, 0.717) is 29.1 Å². The van der Waals surface area contributed by atoms with Crippen LogP contribution < -0.4 is 4.90 Å². The molecule has 1 aliphatic rings. The van der Waals surface area contributed by atoms with Crippen molar-refractivity contribution in [3.63, 3.8) is 0 Å². The molecule has 0 saturated carbocycles. The molecule has 0 spiro atoms. The van der Waals surface area contributed by atoms with Crippen molar-refractivity contribution in [2.24, 2.45) is 0 Å². The number of rotatable bonds is 6. The summed E-state index contributed by atoms with van der Waals surface area (Å²) in [5.74, 6) is 0.586. The fourth-order valence-corrected chi connectivity index (χ4v) is 3.76. The SMILES string of the molecule is CCOC(=O)c1c(C)[nH]c(C(=O)[C@@H](C)N2CCN(c3ccccn3)CC2)c1C. The maximum atomic E-state index is 13.1. The average molecular weight is 384 g/mol. The van der Waals surface area contributed by atoms with E-state index in [0.717, 1.165) is 32.0 Å². The van der Waals surface area contributed by atoms with Crippen molar-refractivity contribution < 1.29 is 14.3 Å². The standard InChI is InChI=1S/C21H28N4O3/c1-5-28-21(27)18-14(2)19(23-15(18)3)20(26)16(4)24-10-12-25(13-11-24)17-8-6-7-9-22-17/h6-9,16,23H,5,10-13H2,1-4H3/t16-/m1/s1. The second-order valence-electron chi connectivity index (χ2n) is 7.10. The number of aryl methyl sites for hydroxylation is 1. The normalized spacial score (nSPS) is 16.1. The maximum Gasteiger partial charge on any atom is 0.340 e. The number of esters is 1. The Balaban J connectivity index is 1.69. The molecular weight excluding hydrogens is 356 g/mol. The first kappa shape index (κ1) is 20.1. The zero-order chi connectivity index (χ0) is 20.3. The topological polar surface area (TPSA) is 78.5 Å². The molecule has 3 rings (SSSR count). The molecule has 7 nitrogen and oxygen atoms in total. The molecule has 0 aromatic carbocycles. The summed E-state index contributed by atoms with van der Waals surface area (Å²) in [5.41, 5.74) is 2.31. The van der Waals surface area contributed by atoms with Crippen LogP contribution in [0.5, 0.6) is 0 Å². The number of ether oxygens (including phenoxy) is 1. The summed E-state index contributed by atoms with van der Waals surface area (Å²) in [5, 5.41) is 0. The van der Waals surface area contributed by atoms with Gasteiger partial charge in [0.25, 0.3) is 0 Å². The predicted octanol–water partition coefficient (Wildman–Crippen LogP) is 2.60. The van der Waals surface area contributed by atoms with Gasteiger partial charge in [0, 0.05) is 38.1 Å². The molecule has 1 atom stereocenters. The molecule has 150 valence electrons. The van der Waals surface area contributed by atoms with Gasteiger partial charge in [-0.2, -0.15) is 0 Å². The van der Waals surface area contributed by atoms with Crippen molar-refractivity contribution in [2.75, 3.05) is 37.7 Å². The van der Waals surface area contributed by atoms with Gasteiger partial charge >= 0.3 is 5.97 Å². The van der Waals surface area contributed by atoms with Crippen molar-refractivity contribution in [3.05, 3.63) is 46.9 Å². The van der Waals surface area contributed by atoms with Crippen LogP contribution in [0.25, 0.3) is 0 Å². The quantitative estimate of drug-likeness (QED) is 0.609. The lowest BCUT2D eigenvalue weighted by Crippen LogP contribution is -2.52.